The Bertz CT molecular complexity index is 452. The zero-order valence-corrected chi connectivity index (χ0v) is 9.44. The van der Waals surface area contributed by atoms with Crippen LogP contribution in [0.4, 0.5) is 0 Å². The Kier molecular flexibility index (Phi) is 2.56. The third-order valence-corrected chi connectivity index (χ3v) is 4.73. The van der Waals surface area contributed by atoms with Gasteiger partial charge < -0.3 is 10.3 Å². The fourth-order valence-corrected chi connectivity index (χ4v) is 3.87. The number of rotatable bonds is 2. The van der Waals surface area contributed by atoms with Gasteiger partial charge in [-0.15, -0.1) is 0 Å². The van der Waals surface area contributed by atoms with Crippen LogP contribution < -0.4 is 5.73 Å². The number of aryl methyl sites for hydroxylation is 1. The molecule has 0 aromatic carbocycles. The van der Waals surface area contributed by atoms with Gasteiger partial charge in [-0.05, 0) is 12.3 Å². The van der Waals surface area contributed by atoms with Crippen molar-refractivity contribution in [1.29, 1.82) is 0 Å². The molecule has 0 radical (unpaired) electrons. The molecule has 2 rings (SSSR count). The van der Waals surface area contributed by atoms with E-state index in [0.717, 1.165) is 5.82 Å². The molecule has 1 aliphatic heterocycles. The SMILES string of the molecule is Cn1ccnc1C(N)C1CCS(=O)(=O)C1. The third-order valence-electron chi connectivity index (χ3n) is 2.93. The van der Waals surface area contributed by atoms with E-state index in [9.17, 15) is 8.42 Å². The zero-order valence-electron chi connectivity index (χ0n) is 8.63. The molecule has 0 aliphatic carbocycles. The van der Waals surface area contributed by atoms with Gasteiger partial charge in [-0.25, -0.2) is 13.4 Å². The Morgan fingerprint density at radius 1 is 1.67 bits per heavy atom. The summed E-state index contributed by atoms with van der Waals surface area (Å²) in [6.45, 7) is 0. The average molecular weight is 229 g/mol. The van der Waals surface area contributed by atoms with Gasteiger partial charge in [-0.3, -0.25) is 0 Å². The summed E-state index contributed by atoms with van der Waals surface area (Å²) in [4.78, 5) is 4.15. The van der Waals surface area contributed by atoms with Crippen molar-refractivity contribution in [3.63, 3.8) is 0 Å². The number of imidazole rings is 1. The number of nitrogens with two attached hydrogens (primary N) is 1. The molecular weight excluding hydrogens is 214 g/mol. The molecule has 0 spiro atoms. The number of hydrogen-bond acceptors (Lipinski definition) is 4. The molecule has 1 fully saturated rings. The van der Waals surface area contributed by atoms with E-state index < -0.39 is 9.84 Å². The van der Waals surface area contributed by atoms with Gasteiger partial charge in [-0.2, -0.15) is 0 Å². The summed E-state index contributed by atoms with van der Waals surface area (Å²) in [6, 6.07) is -0.276. The summed E-state index contributed by atoms with van der Waals surface area (Å²) < 4.78 is 24.5. The molecule has 2 heterocycles. The van der Waals surface area contributed by atoms with Gasteiger partial charge in [0.1, 0.15) is 5.82 Å². The van der Waals surface area contributed by atoms with Crippen molar-refractivity contribution in [3.8, 4) is 0 Å². The van der Waals surface area contributed by atoms with Crippen LogP contribution in [0.15, 0.2) is 12.4 Å². The van der Waals surface area contributed by atoms with Gasteiger partial charge in [0.2, 0.25) is 0 Å². The van der Waals surface area contributed by atoms with Crippen LogP contribution in [0.1, 0.15) is 18.3 Å². The molecule has 1 aromatic rings. The molecule has 2 unspecified atom stereocenters. The third kappa shape index (κ3) is 2.05. The van der Waals surface area contributed by atoms with Crippen molar-refractivity contribution in [3.05, 3.63) is 18.2 Å². The summed E-state index contributed by atoms with van der Waals surface area (Å²) in [6.07, 6.45) is 4.15. The van der Waals surface area contributed by atoms with Gasteiger partial charge in [0.25, 0.3) is 0 Å². The Balaban J connectivity index is 2.17. The van der Waals surface area contributed by atoms with E-state index in [2.05, 4.69) is 4.98 Å². The lowest BCUT2D eigenvalue weighted by Crippen LogP contribution is -2.25. The molecule has 2 N–H and O–H groups in total. The van der Waals surface area contributed by atoms with Crippen molar-refractivity contribution >= 4 is 9.84 Å². The predicted molar refractivity (Wildman–Crippen MR) is 56.9 cm³/mol. The highest BCUT2D eigenvalue weighted by Gasteiger charge is 2.33. The van der Waals surface area contributed by atoms with E-state index in [1.807, 2.05) is 17.8 Å². The van der Waals surface area contributed by atoms with E-state index in [1.165, 1.54) is 0 Å². The lowest BCUT2D eigenvalue weighted by Gasteiger charge is -2.17. The second-order valence-electron chi connectivity index (χ2n) is 4.09. The molecule has 0 bridgehead atoms. The Morgan fingerprint density at radius 2 is 2.40 bits per heavy atom. The first-order valence-electron chi connectivity index (χ1n) is 4.93. The van der Waals surface area contributed by atoms with Gasteiger partial charge in [0.05, 0.1) is 17.5 Å². The number of aromatic nitrogens is 2. The smallest absolute Gasteiger partial charge is 0.150 e. The fraction of sp³-hybridized carbons (Fsp3) is 0.667. The minimum atomic E-state index is -2.86. The van der Waals surface area contributed by atoms with E-state index >= 15 is 0 Å². The van der Waals surface area contributed by atoms with Gasteiger partial charge in [-0.1, -0.05) is 0 Å². The Hall–Kier alpha value is -0.880. The van der Waals surface area contributed by atoms with Crippen molar-refractivity contribution in [2.24, 2.45) is 18.7 Å². The molecule has 1 saturated heterocycles. The largest absolute Gasteiger partial charge is 0.337 e. The highest BCUT2D eigenvalue weighted by Crippen LogP contribution is 2.28. The molecule has 2 atom stereocenters. The van der Waals surface area contributed by atoms with E-state index in [1.54, 1.807) is 6.20 Å². The van der Waals surface area contributed by atoms with E-state index in [4.69, 9.17) is 5.73 Å². The second kappa shape index (κ2) is 3.61. The monoisotopic (exact) mass is 229 g/mol. The minimum Gasteiger partial charge on any atom is -0.337 e. The predicted octanol–water partition coefficient (Wildman–Crippen LogP) is -0.145. The number of sulfone groups is 1. The van der Waals surface area contributed by atoms with Gasteiger partial charge in [0, 0.05) is 19.4 Å². The zero-order chi connectivity index (χ0) is 11.1. The summed E-state index contributed by atoms with van der Waals surface area (Å²) in [7, 11) is -0.995. The standard InChI is InChI=1S/C9H15N3O2S/c1-12-4-3-11-9(12)8(10)7-2-5-15(13,14)6-7/h3-4,7-8H,2,5-6,10H2,1H3. The lowest BCUT2D eigenvalue weighted by molar-refractivity contribution is 0.450. The van der Waals surface area contributed by atoms with E-state index in [0.29, 0.717) is 6.42 Å². The topological polar surface area (TPSA) is 78.0 Å². The van der Waals surface area contributed by atoms with Crippen molar-refractivity contribution < 1.29 is 8.42 Å². The maximum absolute atomic E-state index is 11.3. The normalized spacial score (nSPS) is 26.7. The molecule has 0 saturated carbocycles. The van der Waals surface area contributed by atoms with Crippen LogP contribution in [0.25, 0.3) is 0 Å². The van der Waals surface area contributed by atoms with Crippen molar-refractivity contribution in [2.75, 3.05) is 11.5 Å². The Labute approximate surface area is 89.2 Å². The fourth-order valence-electron chi connectivity index (χ4n) is 2.02. The summed E-state index contributed by atoms with van der Waals surface area (Å²) in [5.41, 5.74) is 6.02. The molecule has 84 valence electrons. The number of hydrogen-bond donors (Lipinski definition) is 1. The molecule has 6 heteroatoms. The van der Waals surface area contributed by atoms with Crippen LogP contribution in [0, 0.1) is 5.92 Å². The second-order valence-corrected chi connectivity index (χ2v) is 6.31. The summed E-state index contributed by atoms with van der Waals surface area (Å²) >= 11 is 0. The first-order chi connectivity index (χ1) is 6.99. The Morgan fingerprint density at radius 3 is 2.87 bits per heavy atom. The van der Waals surface area contributed by atoms with Crippen molar-refractivity contribution in [2.45, 2.75) is 12.5 Å². The van der Waals surface area contributed by atoms with Crippen LogP contribution in [0.2, 0.25) is 0 Å². The molecule has 0 amide bonds. The quantitative estimate of drug-likeness (QED) is 0.765. The molecule has 1 aliphatic rings. The van der Waals surface area contributed by atoms with Gasteiger partial charge in [0.15, 0.2) is 9.84 Å². The lowest BCUT2D eigenvalue weighted by atomic mass is 9.99. The maximum Gasteiger partial charge on any atom is 0.150 e. The average Bonchev–Trinajstić information content (AvgIpc) is 2.71. The molecule has 15 heavy (non-hydrogen) atoms. The first kappa shape index (κ1) is 10.6. The van der Waals surface area contributed by atoms with Crippen LogP contribution in [0.5, 0.6) is 0 Å². The maximum atomic E-state index is 11.3. The highest BCUT2D eigenvalue weighted by molar-refractivity contribution is 7.91. The van der Waals surface area contributed by atoms with Crippen molar-refractivity contribution in [1.82, 2.24) is 9.55 Å². The molecule has 1 aromatic heterocycles. The number of nitrogens with zero attached hydrogens (tertiary/aromatic N) is 2. The van der Waals surface area contributed by atoms with Crippen LogP contribution >= 0.6 is 0 Å². The summed E-state index contributed by atoms with van der Waals surface area (Å²) in [5, 5.41) is 0. The molecular formula is C9H15N3O2S. The molecule has 5 nitrogen and oxygen atoms in total. The van der Waals surface area contributed by atoms with Crippen LogP contribution in [-0.4, -0.2) is 29.5 Å². The van der Waals surface area contributed by atoms with E-state index in [-0.39, 0.29) is 23.5 Å². The van der Waals surface area contributed by atoms with Gasteiger partial charge >= 0.3 is 0 Å². The van der Waals surface area contributed by atoms with Crippen LogP contribution in [0.3, 0.4) is 0 Å². The summed E-state index contributed by atoms with van der Waals surface area (Å²) in [5.74, 6) is 1.23. The van der Waals surface area contributed by atoms with Crippen LogP contribution in [-0.2, 0) is 16.9 Å². The minimum absolute atomic E-state index is 0.0103. The highest BCUT2D eigenvalue weighted by atomic mass is 32.2. The first-order valence-corrected chi connectivity index (χ1v) is 6.75.